The third kappa shape index (κ3) is 0.920. The Kier molecular flexibility index (Phi) is 1.98. The van der Waals surface area contributed by atoms with Gasteiger partial charge in [-0.15, -0.1) is 0 Å². The molecule has 0 saturated heterocycles. The molecule has 1 spiro atoms. The van der Waals surface area contributed by atoms with Crippen LogP contribution in [-0.4, -0.2) is 5.84 Å². The minimum Gasteiger partial charge on any atom is -0.386 e. The fraction of sp³-hybridized carbons (Fsp3) is 0.727. The zero-order valence-corrected chi connectivity index (χ0v) is 8.58. The molecule has 4 heteroatoms. The van der Waals surface area contributed by atoms with Crippen molar-refractivity contribution in [1.29, 1.82) is 15.9 Å². The van der Waals surface area contributed by atoms with E-state index in [0.717, 1.165) is 25.7 Å². The molecule has 0 aromatic rings. The van der Waals surface area contributed by atoms with Crippen molar-refractivity contribution >= 4 is 5.84 Å². The number of nitrogens with two attached hydrogens (primary N) is 1. The fourth-order valence-corrected chi connectivity index (χ4v) is 3.34. The molecule has 0 radical (unpaired) electrons. The van der Waals surface area contributed by atoms with E-state index >= 15 is 0 Å². The van der Waals surface area contributed by atoms with E-state index in [0.29, 0.717) is 0 Å². The van der Waals surface area contributed by atoms with Crippen LogP contribution in [0.25, 0.3) is 0 Å². The van der Waals surface area contributed by atoms with Crippen LogP contribution in [0.1, 0.15) is 32.1 Å². The number of amidine groups is 1. The van der Waals surface area contributed by atoms with Gasteiger partial charge in [-0.25, -0.2) is 0 Å². The van der Waals surface area contributed by atoms with Crippen LogP contribution in [0.4, 0.5) is 0 Å². The summed E-state index contributed by atoms with van der Waals surface area (Å²) in [6.07, 6.45) is 5.01. The Morgan fingerprint density at radius 2 is 1.87 bits per heavy atom. The third-order valence-corrected chi connectivity index (χ3v) is 4.16. The van der Waals surface area contributed by atoms with Gasteiger partial charge in [0.15, 0.2) is 0 Å². The van der Waals surface area contributed by atoms with E-state index in [1.807, 2.05) is 0 Å². The smallest absolute Gasteiger partial charge is 0.137 e. The van der Waals surface area contributed by atoms with Gasteiger partial charge in [-0.1, -0.05) is 19.3 Å². The molecule has 0 aromatic heterocycles. The zero-order chi connectivity index (χ0) is 11.1. The average molecular weight is 202 g/mol. The number of nitrogens with zero attached hydrogens (tertiary/aromatic N) is 2. The Morgan fingerprint density at radius 1 is 1.27 bits per heavy atom. The van der Waals surface area contributed by atoms with Crippen molar-refractivity contribution in [2.75, 3.05) is 0 Å². The van der Waals surface area contributed by atoms with Crippen LogP contribution in [0.2, 0.25) is 0 Å². The molecule has 3 N–H and O–H groups in total. The average Bonchev–Trinajstić information content (AvgIpc) is 2.80. The van der Waals surface area contributed by atoms with Gasteiger partial charge >= 0.3 is 0 Å². The molecule has 2 saturated carbocycles. The number of hydrogen-bond donors (Lipinski definition) is 2. The van der Waals surface area contributed by atoms with E-state index in [1.54, 1.807) is 0 Å². The van der Waals surface area contributed by atoms with E-state index in [2.05, 4.69) is 12.1 Å². The van der Waals surface area contributed by atoms with Crippen LogP contribution >= 0.6 is 0 Å². The van der Waals surface area contributed by atoms with Gasteiger partial charge in [0.25, 0.3) is 0 Å². The van der Waals surface area contributed by atoms with Gasteiger partial charge in [0, 0.05) is 5.41 Å². The predicted molar refractivity (Wildman–Crippen MR) is 54.6 cm³/mol. The Bertz CT molecular complexity index is 380. The summed E-state index contributed by atoms with van der Waals surface area (Å²) in [5.41, 5.74) is 4.26. The normalized spacial score (nSPS) is 36.5. The summed E-state index contributed by atoms with van der Waals surface area (Å²) in [4.78, 5) is 0. The van der Waals surface area contributed by atoms with Gasteiger partial charge in [-0.2, -0.15) is 10.5 Å². The number of hydrogen-bond acceptors (Lipinski definition) is 3. The molecule has 0 aliphatic heterocycles. The summed E-state index contributed by atoms with van der Waals surface area (Å²) in [5, 5.41) is 25.9. The summed E-state index contributed by atoms with van der Waals surface area (Å²) in [6.45, 7) is 0. The van der Waals surface area contributed by atoms with Crippen molar-refractivity contribution in [3.05, 3.63) is 0 Å². The molecular weight excluding hydrogens is 188 g/mol. The first-order valence-corrected chi connectivity index (χ1v) is 5.31. The molecule has 78 valence electrons. The molecule has 15 heavy (non-hydrogen) atoms. The minimum atomic E-state index is -0.970. The lowest BCUT2D eigenvalue weighted by Crippen LogP contribution is -2.30. The molecule has 0 amide bonds. The van der Waals surface area contributed by atoms with Crippen molar-refractivity contribution in [3.8, 4) is 12.1 Å². The van der Waals surface area contributed by atoms with E-state index in [1.165, 1.54) is 6.42 Å². The van der Waals surface area contributed by atoms with E-state index in [4.69, 9.17) is 16.4 Å². The van der Waals surface area contributed by atoms with Gasteiger partial charge in [-0.3, -0.25) is 5.41 Å². The lowest BCUT2D eigenvalue weighted by atomic mass is 9.79. The number of nitrogens with one attached hydrogen (secondary N) is 1. The topological polar surface area (TPSA) is 97.5 Å². The first-order valence-electron chi connectivity index (χ1n) is 5.31. The third-order valence-electron chi connectivity index (χ3n) is 4.16. The van der Waals surface area contributed by atoms with Crippen LogP contribution in [0, 0.1) is 44.8 Å². The second-order valence-electron chi connectivity index (χ2n) is 4.61. The number of rotatable bonds is 1. The van der Waals surface area contributed by atoms with Crippen LogP contribution in [0.15, 0.2) is 0 Å². The molecule has 2 aliphatic carbocycles. The first kappa shape index (κ1) is 9.98. The van der Waals surface area contributed by atoms with Crippen molar-refractivity contribution in [3.63, 3.8) is 0 Å². The molecular formula is C11H14N4. The summed E-state index contributed by atoms with van der Waals surface area (Å²) in [6, 6.07) is 4.32. The Morgan fingerprint density at radius 3 is 2.20 bits per heavy atom. The van der Waals surface area contributed by atoms with E-state index in [-0.39, 0.29) is 17.2 Å². The van der Waals surface area contributed by atoms with E-state index < -0.39 is 5.41 Å². The summed E-state index contributed by atoms with van der Waals surface area (Å²) in [5.74, 6) is -0.466. The lowest BCUT2D eigenvalue weighted by Gasteiger charge is -2.24. The van der Waals surface area contributed by atoms with Gasteiger partial charge < -0.3 is 5.73 Å². The maximum Gasteiger partial charge on any atom is 0.137 e. The highest BCUT2D eigenvalue weighted by atomic mass is 14.9. The molecule has 0 bridgehead atoms. The van der Waals surface area contributed by atoms with Gasteiger partial charge in [0.1, 0.15) is 11.3 Å². The monoisotopic (exact) mass is 202 g/mol. The summed E-state index contributed by atoms with van der Waals surface area (Å²) >= 11 is 0. The van der Waals surface area contributed by atoms with Crippen LogP contribution in [-0.2, 0) is 0 Å². The minimum absolute atomic E-state index is 0.113. The van der Waals surface area contributed by atoms with Crippen molar-refractivity contribution in [2.24, 2.45) is 22.5 Å². The van der Waals surface area contributed by atoms with Gasteiger partial charge in [0.2, 0.25) is 0 Å². The molecule has 2 atom stereocenters. The second-order valence-corrected chi connectivity index (χ2v) is 4.61. The van der Waals surface area contributed by atoms with Crippen LogP contribution in [0.5, 0.6) is 0 Å². The van der Waals surface area contributed by atoms with Gasteiger partial charge in [0.05, 0.1) is 18.1 Å². The van der Waals surface area contributed by atoms with Crippen molar-refractivity contribution < 1.29 is 0 Å². The Hall–Kier alpha value is -1.55. The largest absolute Gasteiger partial charge is 0.386 e. The Balaban J connectivity index is 2.39. The molecule has 2 aliphatic rings. The molecule has 2 fully saturated rings. The molecule has 2 rings (SSSR count). The van der Waals surface area contributed by atoms with Crippen LogP contribution in [0.3, 0.4) is 0 Å². The second kappa shape index (κ2) is 2.97. The van der Waals surface area contributed by atoms with Gasteiger partial charge in [-0.05, 0) is 12.8 Å². The predicted octanol–water partition coefficient (Wildman–Crippen LogP) is 1.54. The zero-order valence-electron chi connectivity index (χ0n) is 8.58. The highest BCUT2D eigenvalue weighted by molar-refractivity contribution is 5.92. The lowest BCUT2D eigenvalue weighted by molar-refractivity contribution is 0.298. The maximum atomic E-state index is 9.22. The molecule has 0 heterocycles. The highest BCUT2D eigenvalue weighted by Crippen LogP contribution is 2.74. The molecule has 0 unspecified atom stereocenters. The SMILES string of the molecule is N#C[C@@H]1C2(CCCCC2)[C@@]1(C#N)C(=N)N. The highest BCUT2D eigenvalue weighted by Gasteiger charge is 2.79. The molecule has 4 nitrogen and oxygen atoms in total. The maximum absolute atomic E-state index is 9.22. The standard InChI is InChI=1S/C11H14N4/c12-6-8-10(4-2-1-3-5-10)11(8,7-13)9(14)15/h8H,1-5H2,(H3,14,15)/t8-,11-/m1/s1. The quantitative estimate of drug-likeness (QED) is 0.498. The first-order chi connectivity index (χ1) is 7.15. The molecule has 0 aromatic carbocycles. The van der Waals surface area contributed by atoms with Crippen molar-refractivity contribution in [2.45, 2.75) is 32.1 Å². The Labute approximate surface area is 89.2 Å². The summed E-state index contributed by atoms with van der Waals surface area (Å²) < 4.78 is 0. The van der Waals surface area contributed by atoms with E-state index in [9.17, 15) is 5.26 Å². The number of nitriles is 2. The fourth-order valence-electron chi connectivity index (χ4n) is 3.34. The van der Waals surface area contributed by atoms with Crippen LogP contribution < -0.4 is 5.73 Å². The van der Waals surface area contributed by atoms with Crippen molar-refractivity contribution in [1.82, 2.24) is 0 Å². The summed E-state index contributed by atoms with van der Waals surface area (Å²) in [7, 11) is 0.